The van der Waals surface area contributed by atoms with Gasteiger partial charge in [-0.1, -0.05) is 19.9 Å². The van der Waals surface area contributed by atoms with E-state index >= 15 is 0 Å². The fraction of sp³-hybridized carbons (Fsp3) is 0.625. The van der Waals surface area contributed by atoms with Crippen LogP contribution in [0.1, 0.15) is 26.7 Å². The molecule has 4 heteroatoms. The van der Waals surface area contributed by atoms with E-state index in [1.54, 1.807) is 7.11 Å². The van der Waals surface area contributed by atoms with Crippen molar-refractivity contribution in [2.75, 3.05) is 25.6 Å². The maximum Gasteiger partial charge on any atom is 0.120 e. The third-order valence-corrected chi connectivity index (χ3v) is 4.12. The largest absolute Gasteiger partial charge is 0.497 e. The summed E-state index contributed by atoms with van der Waals surface area (Å²) in [6.07, 6.45) is 2.15. The van der Waals surface area contributed by atoms with Crippen molar-refractivity contribution in [1.82, 2.24) is 0 Å². The normalized spacial score (nSPS) is 26.6. The number of hydrogen-bond donors (Lipinski definition) is 2. The van der Waals surface area contributed by atoms with Crippen LogP contribution < -0.4 is 15.8 Å². The Balaban J connectivity index is 2.14. The molecular weight excluding hydrogens is 252 g/mol. The SMILES string of the molecule is COc1cccc(NC2(CN)CCOC(C(C)C)C2)c1. The third-order valence-electron chi connectivity index (χ3n) is 4.12. The van der Waals surface area contributed by atoms with Gasteiger partial charge in [0.1, 0.15) is 5.75 Å². The molecular formula is C16H26N2O2. The number of nitrogens with one attached hydrogen (secondary N) is 1. The van der Waals surface area contributed by atoms with Crippen molar-refractivity contribution in [2.24, 2.45) is 11.7 Å². The first-order valence-electron chi connectivity index (χ1n) is 7.32. The minimum Gasteiger partial charge on any atom is -0.497 e. The highest BCUT2D eigenvalue weighted by Crippen LogP contribution is 2.32. The van der Waals surface area contributed by atoms with Crippen molar-refractivity contribution < 1.29 is 9.47 Å². The van der Waals surface area contributed by atoms with Crippen LogP contribution in [0.5, 0.6) is 5.75 Å². The van der Waals surface area contributed by atoms with Gasteiger partial charge in [0.2, 0.25) is 0 Å². The first-order valence-corrected chi connectivity index (χ1v) is 7.32. The highest BCUT2D eigenvalue weighted by molar-refractivity contribution is 5.50. The molecule has 2 unspecified atom stereocenters. The second kappa shape index (κ2) is 6.46. The second-order valence-corrected chi connectivity index (χ2v) is 5.95. The van der Waals surface area contributed by atoms with E-state index in [1.165, 1.54) is 0 Å². The van der Waals surface area contributed by atoms with E-state index in [2.05, 4.69) is 25.2 Å². The molecule has 2 rings (SSSR count). The maximum absolute atomic E-state index is 6.07. The fourth-order valence-corrected chi connectivity index (χ4v) is 2.74. The van der Waals surface area contributed by atoms with Gasteiger partial charge in [0, 0.05) is 24.9 Å². The number of ether oxygens (including phenoxy) is 2. The summed E-state index contributed by atoms with van der Waals surface area (Å²) in [5, 5.41) is 3.62. The van der Waals surface area contributed by atoms with Gasteiger partial charge < -0.3 is 20.5 Å². The van der Waals surface area contributed by atoms with Crippen molar-refractivity contribution in [3.63, 3.8) is 0 Å². The van der Waals surface area contributed by atoms with Crippen LogP contribution in [0.15, 0.2) is 24.3 Å². The number of rotatable bonds is 5. The van der Waals surface area contributed by atoms with E-state index in [-0.39, 0.29) is 11.6 Å². The Hall–Kier alpha value is -1.26. The number of nitrogens with two attached hydrogens (primary N) is 1. The van der Waals surface area contributed by atoms with E-state index in [0.29, 0.717) is 12.5 Å². The summed E-state index contributed by atoms with van der Waals surface area (Å²) in [5.41, 5.74) is 7.04. The lowest BCUT2D eigenvalue weighted by atomic mass is 9.83. The molecule has 1 aliphatic rings. The van der Waals surface area contributed by atoms with Crippen LogP contribution in [-0.4, -0.2) is 31.9 Å². The summed E-state index contributed by atoms with van der Waals surface area (Å²) in [6.45, 7) is 5.76. The Labute approximate surface area is 121 Å². The van der Waals surface area contributed by atoms with Gasteiger partial charge in [0.25, 0.3) is 0 Å². The number of anilines is 1. The molecule has 0 bridgehead atoms. The molecule has 0 aromatic heterocycles. The molecule has 112 valence electrons. The van der Waals surface area contributed by atoms with Crippen LogP contribution >= 0.6 is 0 Å². The Bertz CT molecular complexity index is 436. The van der Waals surface area contributed by atoms with Crippen molar-refractivity contribution in [3.05, 3.63) is 24.3 Å². The number of methoxy groups -OCH3 is 1. The number of hydrogen-bond acceptors (Lipinski definition) is 4. The zero-order valence-electron chi connectivity index (χ0n) is 12.7. The molecule has 1 heterocycles. The van der Waals surface area contributed by atoms with E-state index in [9.17, 15) is 0 Å². The summed E-state index contributed by atoms with van der Waals surface area (Å²) in [5.74, 6) is 1.36. The van der Waals surface area contributed by atoms with Crippen LogP contribution in [0.2, 0.25) is 0 Å². The lowest BCUT2D eigenvalue weighted by Gasteiger charge is -2.42. The smallest absolute Gasteiger partial charge is 0.120 e. The molecule has 1 fully saturated rings. The molecule has 3 N–H and O–H groups in total. The summed E-state index contributed by atoms with van der Waals surface area (Å²) < 4.78 is 11.1. The lowest BCUT2D eigenvalue weighted by Crippen LogP contribution is -2.53. The molecule has 1 aromatic rings. The standard InChI is InChI=1S/C16H26N2O2/c1-12(2)15-10-16(11-17,7-8-20-15)18-13-5-4-6-14(9-13)19-3/h4-6,9,12,15,18H,7-8,10-11,17H2,1-3H3. The Kier molecular flexibility index (Phi) is 4.89. The van der Waals surface area contributed by atoms with E-state index < -0.39 is 0 Å². The first kappa shape index (κ1) is 15.1. The minimum atomic E-state index is -0.0838. The second-order valence-electron chi connectivity index (χ2n) is 5.95. The molecule has 0 amide bonds. The van der Waals surface area contributed by atoms with Crippen LogP contribution in [0.4, 0.5) is 5.69 Å². The molecule has 1 aromatic carbocycles. The summed E-state index contributed by atoms with van der Waals surface area (Å²) >= 11 is 0. The van der Waals surface area contributed by atoms with Gasteiger partial charge in [0.05, 0.1) is 18.8 Å². The quantitative estimate of drug-likeness (QED) is 0.869. The predicted octanol–water partition coefficient (Wildman–Crippen LogP) is 2.64. The monoisotopic (exact) mass is 278 g/mol. The summed E-state index contributed by atoms with van der Waals surface area (Å²) in [7, 11) is 1.68. The average Bonchev–Trinajstić information content (AvgIpc) is 2.47. The van der Waals surface area contributed by atoms with E-state index in [1.807, 2.05) is 18.2 Å². The van der Waals surface area contributed by atoms with Crippen LogP contribution in [0.25, 0.3) is 0 Å². The molecule has 1 saturated heterocycles. The topological polar surface area (TPSA) is 56.5 Å². The van der Waals surface area contributed by atoms with Gasteiger partial charge in [0.15, 0.2) is 0 Å². The average molecular weight is 278 g/mol. The van der Waals surface area contributed by atoms with E-state index in [4.69, 9.17) is 15.2 Å². The Morgan fingerprint density at radius 2 is 2.30 bits per heavy atom. The molecule has 0 radical (unpaired) electrons. The predicted molar refractivity (Wildman–Crippen MR) is 82.2 cm³/mol. The third kappa shape index (κ3) is 3.44. The molecule has 0 spiro atoms. The van der Waals surface area contributed by atoms with Crippen molar-refractivity contribution >= 4 is 5.69 Å². The maximum atomic E-state index is 6.07. The summed E-state index contributed by atoms with van der Waals surface area (Å²) in [4.78, 5) is 0. The summed E-state index contributed by atoms with van der Waals surface area (Å²) in [6, 6.07) is 8.00. The van der Waals surface area contributed by atoms with Crippen LogP contribution in [0, 0.1) is 5.92 Å². The van der Waals surface area contributed by atoms with Gasteiger partial charge in [-0.3, -0.25) is 0 Å². The van der Waals surface area contributed by atoms with Gasteiger partial charge in [-0.05, 0) is 30.9 Å². The minimum absolute atomic E-state index is 0.0838. The fourth-order valence-electron chi connectivity index (χ4n) is 2.74. The zero-order valence-corrected chi connectivity index (χ0v) is 12.7. The van der Waals surface area contributed by atoms with E-state index in [0.717, 1.165) is 30.9 Å². The van der Waals surface area contributed by atoms with Gasteiger partial charge in [-0.2, -0.15) is 0 Å². The zero-order chi connectivity index (χ0) is 14.6. The van der Waals surface area contributed by atoms with Crippen molar-refractivity contribution in [2.45, 2.75) is 38.3 Å². The Morgan fingerprint density at radius 1 is 1.50 bits per heavy atom. The lowest BCUT2D eigenvalue weighted by molar-refractivity contribution is -0.0357. The van der Waals surface area contributed by atoms with Gasteiger partial charge >= 0.3 is 0 Å². The molecule has 20 heavy (non-hydrogen) atoms. The molecule has 1 aliphatic heterocycles. The van der Waals surface area contributed by atoms with Crippen LogP contribution in [-0.2, 0) is 4.74 Å². The highest BCUT2D eigenvalue weighted by atomic mass is 16.5. The molecule has 4 nitrogen and oxygen atoms in total. The molecule has 2 atom stereocenters. The first-order chi connectivity index (χ1) is 9.58. The Morgan fingerprint density at radius 3 is 2.95 bits per heavy atom. The highest BCUT2D eigenvalue weighted by Gasteiger charge is 2.37. The number of benzene rings is 1. The molecule has 0 saturated carbocycles. The van der Waals surface area contributed by atoms with Crippen molar-refractivity contribution in [3.8, 4) is 5.75 Å². The van der Waals surface area contributed by atoms with Gasteiger partial charge in [-0.25, -0.2) is 0 Å². The van der Waals surface area contributed by atoms with Crippen LogP contribution in [0.3, 0.4) is 0 Å². The van der Waals surface area contributed by atoms with Gasteiger partial charge in [-0.15, -0.1) is 0 Å². The van der Waals surface area contributed by atoms with Crippen molar-refractivity contribution in [1.29, 1.82) is 0 Å². The molecule has 0 aliphatic carbocycles.